The van der Waals surface area contributed by atoms with Crippen molar-refractivity contribution in [1.29, 1.82) is 0 Å². The first-order valence-electron chi connectivity index (χ1n) is 7.42. The molecule has 0 bridgehead atoms. The highest BCUT2D eigenvalue weighted by Gasteiger charge is 2.46. The molecule has 0 unspecified atom stereocenters. The van der Waals surface area contributed by atoms with E-state index in [-0.39, 0.29) is 22.0 Å². The minimum absolute atomic E-state index is 0.0614. The fourth-order valence-electron chi connectivity index (χ4n) is 2.00. The highest BCUT2D eigenvalue weighted by Crippen LogP contribution is 2.32. The lowest BCUT2D eigenvalue weighted by Gasteiger charge is -2.14. The van der Waals surface area contributed by atoms with Crippen molar-refractivity contribution < 1.29 is 44.3 Å². The summed E-state index contributed by atoms with van der Waals surface area (Å²) in [5.41, 5.74) is -5.99. The van der Waals surface area contributed by atoms with Crippen LogP contribution in [-0.2, 0) is 9.84 Å². The zero-order valence-corrected chi connectivity index (χ0v) is 15.5. The molecule has 1 N–H and O–H groups in total. The van der Waals surface area contributed by atoms with E-state index in [1.807, 2.05) is 0 Å². The number of halogens is 7. The molecule has 29 heavy (non-hydrogen) atoms. The normalized spacial score (nSPS) is 12.5. The predicted octanol–water partition coefficient (Wildman–Crippen LogP) is 4.83. The minimum Gasteiger partial charge on any atom is -0.482 e. The lowest BCUT2D eigenvalue weighted by Crippen LogP contribution is -2.23. The molecule has 5 nitrogen and oxygen atoms in total. The van der Waals surface area contributed by atoms with Gasteiger partial charge >= 0.3 is 11.7 Å². The van der Waals surface area contributed by atoms with E-state index in [0.717, 1.165) is 24.3 Å². The Bertz CT molecular complexity index is 1000. The van der Waals surface area contributed by atoms with Gasteiger partial charge in [0.15, 0.2) is 6.61 Å². The minimum atomic E-state index is -5.59. The number of anilines is 1. The number of sulfone groups is 1. The molecule has 0 fully saturated rings. The molecule has 0 aromatic heterocycles. The lowest BCUT2D eigenvalue weighted by molar-refractivity contribution is -0.153. The van der Waals surface area contributed by atoms with Crippen LogP contribution in [0.4, 0.5) is 32.0 Å². The van der Waals surface area contributed by atoms with Gasteiger partial charge in [0.05, 0.1) is 10.6 Å². The Morgan fingerprint density at radius 3 is 2.10 bits per heavy atom. The van der Waals surface area contributed by atoms with E-state index in [1.165, 1.54) is 6.07 Å². The molecule has 0 aliphatic heterocycles. The molecule has 2 aromatic carbocycles. The van der Waals surface area contributed by atoms with Crippen molar-refractivity contribution >= 4 is 33.0 Å². The smallest absolute Gasteiger partial charge is 0.482 e. The number of benzene rings is 2. The summed E-state index contributed by atoms with van der Waals surface area (Å²) in [4.78, 5) is 11.2. The molecule has 2 rings (SSSR count). The molecule has 0 aliphatic carbocycles. The Hall–Kier alpha value is -2.47. The number of ether oxygens (including phenoxy) is 1. The molecule has 13 heteroatoms. The van der Waals surface area contributed by atoms with Gasteiger partial charge in [0.25, 0.3) is 15.7 Å². The third-order valence-corrected chi connectivity index (χ3v) is 5.05. The zero-order chi connectivity index (χ0) is 22.0. The van der Waals surface area contributed by atoms with Crippen LogP contribution in [0, 0.1) is 0 Å². The maximum Gasteiger partial charge on any atom is 0.501 e. The maximum absolute atomic E-state index is 12.5. The van der Waals surface area contributed by atoms with Gasteiger partial charge < -0.3 is 10.1 Å². The van der Waals surface area contributed by atoms with Crippen molar-refractivity contribution in [3.8, 4) is 5.75 Å². The van der Waals surface area contributed by atoms with Gasteiger partial charge in [0, 0.05) is 10.6 Å². The fraction of sp³-hybridized carbons (Fsp3) is 0.188. The molecule has 0 radical (unpaired) electrons. The molecular formula is C16H10ClF6NO4S. The quantitative estimate of drug-likeness (QED) is 0.648. The summed E-state index contributed by atoms with van der Waals surface area (Å²) < 4.78 is 102. The first-order chi connectivity index (χ1) is 13.2. The van der Waals surface area contributed by atoms with Crippen molar-refractivity contribution in [3.05, 3.63) is 53.1 Å². The fourth-order valence-corrected chi connectivity index (χ4v) is 2.93. The second kappa shape index (κ2) is 8.11. The van der Waals surface area contributed by atoms with E-state index in [0.29, 0.717) is 12.1 Å². The highest BCUT2D eigenvalue weighted by molar-refractivity contribution is 7.92. The van der Waals surface area contributed by atoms with Crippen molar-refractivity contribution in [2.75, 3.05) is 11.9 Å². The van der Waals surface area contributed by atoms with Gasteiger partial charge in [-0.3, -0.25) is 4.79 Å². The number of hydrogen-bond donors (Lipinski definition) is 1. The Balaban J connectivity index is 2.24. The molecular weight excluding hydrogens is 452 g/mol. The summed E-state index contributed by atoms with van der Waals surface area (Å²) in [5, 5.41) is 2.27. The van der Waals surface area contributed by atoms with Gasteiger partial charge in [-0.1, -0.05) is 11.6 Å². The number of carbonyl (C=O) groups excluding carboxylic acids is 1. The van der Waals surface area contributed by atoms with Crippen LogP contribution in [0.3, 0.4) is 0 Å². The predicted molar refractivity (Wildman–Crippen MR) is 90.6 cm³/mol. The van der Waals surface area contributed by atoms with Crippen LogP contribution < -0.4 is 10.1 Å². The van der Waals surface area contributed by atoms with Crippen LogP contribution in [0.5, 0.6) is 5.75 Å². The second-order valence-corrected chi connectivity index (χ2v) is 7.85. The Labute approximate surface area is 165 Å². The third kappa shape index (κ3) is 5.76. The van der Waals surface area contributed by atoms with E-state index >= 15 is 0 Å². The van der Waals surface area contributed by atoms with Gasteiger partial charge in [-0.2, -0.15) is 26.3 Å². The van der Waals surface area contributed by atoms with Gasteiger partial charge in [-0.05, 0) is 42.5 Å². The third-order valence-electron chi connectivity index (χ3n) is 3.31. The Morgan fingerprint density at radius 1 is 1.00 bits per heavy atom. The van der Waals surface area contributed by atoms with Crippen molar-refractivity contribution in [3.63, 3.8) is 0 Å². The van der Waals surface area contributed by atoms with E-state index in [1.54, 1.807) is 0 Å². The molecule has 0 saturated carbocycles. The van der Waals surface area contributed by atoms with Crippen LogP contribution in [0.1, 0.15) is 10.4 Å². The molecule has 0 heterocycles. The number of hydrogen-bond acceptors (Lipinski definition) is 4. The number of amides is 1. The maximum atomic E-state index is 12.5. The summed E-state index contributed by atoms with van der Waals surface area (Å²) >= 11 is 5.75. The first-order valence-corrected chi connectivity index (χ1v) is 9.29. The molecule has 0 atom stereocenters. The van der Waals surface area contributed by atoms with Crippen LogP contribution in [0.25, 0.3) is 0 Å². The van der Waals surface area contributed by atoms with Crippen LogP contribution in [0.2, 0.25) is 5.02 Å². The first kappa shape index (κ1) is 22.8. The largest absolute Gasteiger partial charge is 0.501 e. The number of rotatable bonds is 5. The molecule has 0 aliphatic rings. The summed E-state index contributed by atoms with van der Waals surface area (Å²) in [6.45, 7) is -1.64. The molecule has 2 aromatic rings. The Kier molecular flexibility index (Phi) is 6.38. The number of alkyl halides is 6. The van der Waals surface area contributed by atoms with E-state index in [4.69, 9.17) is 11.6 Å². The summed E-state index contributed by atoms with van der Waals surface area (Å²) in [5.74, 6) is -1.29. The van der Waals surface area contributed by atoms with Gasteiger partial charge in [0.2, 0.25) is 0 Å². The highest BCUT2D eigenvalue weighted by atomic mass is 35.5. The van der Waals surface area contributed by atoms with Gasteiger partial charge in [-0.25, -0.2) is 8.42 Å². The van der Waals surface area contributed by atoms with E-state index < -0.39 is 38.9 Å². The summed E-state index contributed by atoms with van der Waals surface area (Å²) in [6, 6.07) is 6.20. The van der Waals surface area contributed by atoms with Gasteiger partial charge in [0.1, 0.15) is 5.75 Å². The average Bonchev–Trinajstić information content (AvgIpc) is 2.59. The molecule has 1 amide bonds. The average molecular weight is 462 g/mol. The zero-order valence-electron chi connectivity index (χ0n) is 13.9. The van der Waals surface area contributed by atoms with Crippen molar-refractivity contribution in [2.24, 2.45) is 0 Å². The number of nitrogens with one attached hydrogen (secondary N) is 1. The molecule has 0 saturated heterocycles. The SMILES string of the molecule is O=C(Nc1cc(Cl)ccc1OCC(F)(F)F)c1ccc(S(=O)(=O)C(F)(F)F)cc1. The Morgan fingerprint density at radius 2 is 1.59 bits per heavy atom. The lowest BCUT2D eigenvalue weighted by atomic mass is 10.2. The molecule has 158 valence electrons. The van der Waals surface area contributed by atoms with Crippen LogP contribution in [-0.4, -0.2) is 32.6 Å². The van der Waals surface area contributed by atoms with Crippen LogP contribution in [0.15, 0.2) is 47.4 Å². The van der Waals surface area contributed by atoms with Crippen molar-refractivity contribution in [2.45, 2.75) is 16.6 Å². The van der Waals surface area contributed by atoms with E-state index in [2.05, 4.69) is 10.1 Å². The molecule has 0 spiro atoms. The van der Waals surface area contributed by atoms with Crippen LogP contribution >= 0.6 is 11.6 Å². The number of carbonyl (C=O) groups is 1. The van der Waals surface area contributed by atoms with E-state index in [9.17, 15) is 39.6 Å². The second-order valence-electron chi connectivity index (χ2n) is 5.47. The summed E-state index contributed by atoms with van der Waals surface area (Å²) in [6.07, 6.45) is -4.64. The van der Waals surface area contributed by atoms with Gasteiger partial charge in [-0.15, -0.1) is 0 Å². The topological polar surface area (TPSA) is 72.5 Å². The monoisotopic (exact) mass is 461 g/mol. The standard InChI is InChI=1S/C16H10ClF6NO4S/c17-10-3-6-13(28-8-15(18,19)20)12(7-10)24-14(25)9-1-4-11(5-2-9)29(26,27)16(21,22)23/h1-7H,8H2,(H,24,25). The van der Waals surface area contributed by atoms with Crippen molar-refractivity contribution in [1.82, 2.24) is 0 Å². The summed E-state index contributed by atoms with van der Waals surface area (Å²) in [7, 11) is -5.59.